The Kier molecular flexibility index (Phi) is 10.9. The lowest BCUT2D eigenvalue weighted by atomic mass is 10.0. The molecule has 0 aliphatic heterocycles. The van der Waals surface area contributed by atoms with Gasteiger partial charge in [-0.3, -0.25) is 0 Å². The normalized spacial score (nSPS) is 11.3. The Hall–Kier alpha value is -5.17. The fourth-order valence-electron chi connectivity index (χ4n) is 4.31. The maximum atomic E-state index is 14.9. The van der Waals surface area contributed by atoms with E-state index >= 15 is 0 Å². The molecule has 2 nitrogen and oxygen atoms in total. The molecule has 0 amide bonds. The Morgan fingerprint density at radius 1 is 0.562 bits per heavy atom. The molecule has 0 N–H and O–H groups in total. The highest BCUT2D eigenvalue weighted by molar-refractivity contribution is 5.48. The molecular weight excluding hydrogens is 661 g/mol. The van der Waals surface area contributed by atoms with Gasteiger partial charge in [-0.15, -0.1) is 13.2 Å². The van der Waals surface area contributed by atoms with Gasteiger partial charge in [0.1, 0.15) is 34.6 Å². The number of halogens is 11. The predicted molar refractivity (Wildman–Crippen MR) is 152 cm³/mol. The van der Waals surface area contributed by atoms with E-state index in [-0.39, 0.29) is 29.8 Å². The van der Waals surface area contributed by atoms with Gasteiger partial charge in [0.15, 0.2) is 11.6 Å². The molecule has 0 saturated heterocycles. The third-order valence-corrected chi connectivity index (χ3v) is 6.52. The number of alkyl halides is 5. The smallest absolute Gasteiger partial charge is 0.429 e. The first-order chi connectivity index (χ1) is 22.6. The Bertz CT molecular complexity index is 1860. The molecule has 0 heterocycles. The molecule has 48 heavy (non-hydrogen) atoms. The summed E-state index contributed by atoms with van der Waals surface area (Å²) in [7, 11) is 0. The van der Waals surface area contributed by atoms with E-state index in [2.05, 4.69) is 28.2 Å². The molecule has 0 atom stereocenters. The van der Waals surface area contributed by atoms with Crippen LogP contribution in [-0.2, 0) is 12.5 Å². The van der Waals surface area contributed by atoms with Crippen LogP contribution in [0.2, 0.25) is 0 Å². The van der Waals surface area contributed by atoms with Crippen LogP contribution < -0.4 is 9.47 Å². The van der Waals surface area contributed by atoms with E-state index in [9.17, 15) is 48.3 Å². The van der Waals surface area contributed by atoms with Gasteiger partial charge in [-0.2, -0.15) is 8.78 Å². The van der Waals surface area contributed by atoms with Gasteiger partial charge in [0.25, 0.3) is 0 Å². The number of aryl methyl sites for hydroxylation is 1. The zero-order valence-corrected chi connectivity index (χ0v) is 24.6. The van der Waals surface area contributed by atoms with Gasteiger partial charge in [-0.25, -0.2) is 26.3 Å². The van der Waals surface area contributed by atoms with Crippen LogP contribution in [0, 0.1) is 58.6 Å². The van der Waals surface area contributed by atoms with E-state index in [0.717, 1.165) is 31.2 Å². The molecule has 0 aliphatic carbocycles. The highest BCUT2D eigenvalue weighted by atomic mass is 19.4. The van der Waals surface area contributed by atoms with Gasteiger partial charge >= 0.3 is 12.5 Å². The van der Waals surface area contributed by atoms with Gasteiger partial charge < -0.3 is 9.47 Å². The average Bonchev–Trinajstić information content (AvgIpc) is 2.97. The standard InChI is InChI=1S/C35H21F11O2/c1-2-3-4-5-20-6-8-21(9-7-20)10-11-22-14-28(38)32(29(39)15-22)34(42,43)47-24-18-26(36)25(27(37)19-24)13-12-23-16-30(40)33(31(41)17-23)48-35(44,45)46/h6-9,14-19H,2-5H2,1H3. The lowest BCUT2D eigenvalue weighted by Gasteiger charge is -2.20. The summed E-state index contributed by atoms with van der Waals surface area (Å²) in [5.74, 6) is -4.53. The first-order valence-corrected chi connectivity index (χ1v) is 14.0. The van der Waals surface area contributed by atoms with Crippen molar-refractivity contribution in [2.24, 2.45) is 0 Å². The quantitative estimate of drug-likeness (QED) is 0.105. The largest absolute Gasteiger partial charge is 0.573 e. The van der Waals surface area contributed by atoms with Crippen molar-refractivity contribution in [3.63, 3.8) is 0 Å². The molecule has 4 aromatic carbocycles. The van der Waals surface area contributed by atoms with Crippen molar-refractivity contribution >= 4 is 0 Å². The van der Waals surface area contributed by atoms with Crippen molar-refractivity contribution in [2.45, 2.75) is 45.1 Å². The number of benzene rings is 4. The number of hydrogen-bond donors (Lipinski definition) is 0. The molecule has 0 aromatic heterocycles. The van der Waals surface area contributed by atoms with Crippen LogP contribution in [0.5, 0.6) is 11.5 Å². The molecule has 0 radical (unpaired) electrons. The molecular formula is C35H21F11O2. The van der Waals surface area contributed by atoms with Gasteiger partial charge in [0, 0.05) is 28.8 Å². The van der Waals surface area contributed by atoms with Crippen LogP contribution in [-0.4, -0.2) is 6.36 Å². The summed E-state index contributed by atoms with van der Waals surface area (Å²) in [4.78, 5) is 0. The first-order valence-electron chi connectivity index (χ1n) is 14.0. The second-order valence-electron chi connectivity index (χ2n) is 10.2. The molecule has 0 unspecified atom stereocenters. The monoisotopic (exact) mass is 682 g/mol. The Balaban J connectivity index is 1.51. The predicted octanol–water partition coefficient (Wildman–Crippen LogP) is 10.1. The lowest BCUT2D eigenvalue weighted by molar-refractivity contribution is -0.276. The van der Waals surface area contributed by atoms with Crippen molar-refractivity contribution < 1.29 is 57.8 Å². The number of ether oxygens (including phenoxy) is 2. The van der Waals surface area contributed by atoms with Crippen LogP contribution >= 0.6 is 0 Å². The summed E-state index contributed by atoms with van der Waals surface area (Å²) < 4.78 is 161. The Labute approximate surface area is 267 Å². The van der Waals surface area contributed by atoms with Crippen LogP contribution in [0.4, 0.5) is 48.3 Å². The minimum Gasteiger partial charge on any atom is -0.429 e. The van der Waals surface area contributed by atoms with Crippen molar-refractivity contribution in [2.75, 3.05) is 0 Å². The maximum absolute atomic E-state index is 14.9. The van der Waals surface area contributed by atoms with Crippen molar-refractivity contribution in [3.8, 4) is 35.2 Å². The van der Waals surface area contributed by atoms with Crippen LogP contribution in [0.15, 0.2) is 60.7 Å². The van der Waals surface area contributed by atoms with Gasteiger partial charge in [-0.1, -0.05) is 55.6 Å². The van der Waals surface area contributed by atoms with E-state index in [0.29, 0.717) is 17.7 Å². The minimum absolute atomic E-state index is 0.202. The first kappa shape index (κ1) is 35.7. The molecule has 0 saturated carbocycles. The van der Waals surface area contributed by atoms with Crippen LogP contribution in [0.25, 0.3) is 0 Å². The zero-order chi connectivity index (χ0) is 35.2. The Morgan fingerprint density at radius 2 is 1.06 bits per heavy atom. The lowest BCUT2D eigenvalue weighted by Crippen LogP contribution is -2.25. The third kappa shape index (κ3) is 9.22. The fraction of sp³-hybridized carbons (Fsp3) is 0.200. The SMILES string of the molecule is CCCCCc1ccc(C#Cc2cc(F)c(C(F)(F)Oc3cc(F)c(C#Cc4cc(F)c(OC(F)(F)F)c(F)c4)c(F)c3)c(F)c2)cc1. The topological polar surface area (TPSA) is 18.5 Å². The number of rotatable bonds is 8. The van der Waals surface area contributed by atoms with Gasteiger partial charge in [0.05, 0.1) is 5.56 Å². The molecule has 0 aliphatic rings. The second kappa shape index (κ2) is 14.7. The summed E-state index contributed by atoms with van der Waals surface area (Å²) in [5, 5.41) is 0. The third-order valence-electron chi connectivity index (χ3n) is 6.52. The van der Waals surface area contributed by atoms with Gasteiger partial charge in [-0.05, 0) is 54.8 Å². The van der Waals surface area contributed by atoms with Gasteiger partial charge in [0.2, 0.25) is 5.75 Å². The van der Waals surface area contributed by atoms with Crippen molar-refractivity contribution in [1.82, 2.24) is 0 Å². The zero-order valence-electron chi connectivity index (χ0n) is 24.6. The molecule has 4 aromatic rings. The minimum atomic E-state index is -5.42. The van der Waals surface area contributed by atoms with E-state index < -0.39 is 75.6 Å². The van der Waals surface area contributed by atoms with Crippen LogP contribution in [0.3, 0.4) is 0 Å². The fourth-order valence-corrected chi connectivity index (χ4v) is 4.31. The van der Waals surface area contributed by atoms with Crippen molar-refractivity contribution in [3.05, 3.63) is 129 Å². The van der Waals surface area contributed by atoms with Crippen molar-refractivity contribution in [1.29, 1.82) is 0 Å². The highest BCUT2D eigenvalue weighted by Gasteiger charge is 2.41. The molecule has 250 valence electrons. The molecule has 0 fully saturated rings. The summed E-state index contributed by atoms with van der Waals surface area (Å²) >= 11 is 0. The molecule has 4 rings (SSSR count). The van der Waals surface area contributed by atoms with E-state index in [1.807, 2.05) is 24.0 Å². The summed E-state index contributed by atoms with van der Waals surface area (Å²) in [6, 6.07) is 9.18. The maximum Gasteiger partial charge on any atom is 0.573 e. The average molecular weight is 683 g/mol. The molecule has 0 spiro atoms. The summed E-state index contributed by atoms with van der Waals surface area (Å²) in [5.41, 5.74) is -2.33. The van der Waals surface area contributed by atoms with E-state index in [1.165, 1.54) is 0 Å². The second-order valence-corrected chi connectivity index (χ2v) is 10.2. The van der Waals surface area contributed by atoms with Crippen LogP contribution in [0.1, 0.15) is 59.6 Å². The number of unbranched alkanes of at least 4 members (excludes halogenated alkanes) is 2. The van der Waals surface area contributed by atoms with E-state index in [4.69, 9.17) is 0 Å². The Morgan fingerprint density at radius 3 is 1.58 bits per heavy atom. The number of hydrogen-bond acceptors (Lipinski definition) is 2. The summed E-state index contributed by atoms with van der Waals surface area (Å²) in [6.45, 7) is 2.08. The van der Waals surface area contributed by atoms with E-state index in [1.54, 1.807) is 12.1 Å². The molecule has 0 bridgehead atoms. The summed E-state index contributed by atoms with van der Waals surface area (Å²) in [6.07, 6.45) is -6.15. The highest BCUT2D eigenvalue weighted by Crippen LogP contribution is 2.36. The molecule has 13 heteroatoms.